The Morgan fingerprint density at radius 3 is 2.11 bits per heavy atom. The third kappa shape index (κ3) is 2.26. The first-order chi connectivity index (χ1) is 13.5. The van der Waals surface area contributed by atoms with Gasteiger partial charge in [0.2, 0.25) is 5.72 Å². The van der Waals surface area contributed by atoms with E-state index >= 15 is 0 Å². The van der Waals surface area contributed by atoms with E-state index in [2.05, 4.69) is 104 Å². The van der Waals surface area contributed by atoms with Crippen LogP contribution in [0.2, 0.25) is 0 Å². The summed E-state index contributed by atoms with van der Waals surface area (Å²) in [7, 11) is 2.12. The summed E-state index contributed by atoms with van der Waals surface area (Å²) < 4.78 is 0. The molecule has 0 saturated heterocycles. The molecule has 2 heterocycles. The largest absolute Gasteiger partial charge is 0.366 e. The molecule has 0 saturated carbocycles. The van der Waals surface area contributed by atoms with Crippen molar-refractivity contribution in [1.29, 1.82) is 0 Å². The van der Waals surface area contributed by atoms with Crippen molar-refractivity contribution in [2.45, 2.75) is 31.4 Å². The summed E-state index contributed by atoms with van der Waals surface area (Å²) >= 11 is 0. The first-order valence-electron chi connectivity index (χ1n) is 9.77. The van der Waals surface area contributed by atoms with Crippen molar-refractivity contribution in [2.75, 3.05) is 11.9 Å². The summed E-state index contributed by atoms with van der Waals surface area (Å²) in [6.45, 7) is 4.51. The number of para-hydroxylation sites is 1. The summed E-state index contributed by atoms with van der Waals surface area (Å²) in [5.74, 6) is 0. The van der Waals surface area contributed by atoms with Gasteiger partial charge in [-0.3, -0.25) is 0 Å². The number of likely N-dealkylation sites (N-methyl/N-ethyl adjacent to an activating group) is 1. The van der Waals surface area contributed by atoms with E-state index in [-0.39, 0.29) is 5.41 Å². The number of fused-ring (bicyclic) bond motifs is 1. The zero-order valence-electron chi connectivity index (χ0n) is 16.5. The van der Waals surface area contributed by atoms with Crippen LogP contribution in [0.3, 0.4) is 0 Å². The molecule has 0 unspecified atom stereocenters. The summed E-state index contributed by atoms with van der Waals surface area (Å²) in [4.78, 5) is 8.47. The van der Waals surface area contributed by atoms with E-state index in [0.29, 0.717) is 0 Å². The zero-order chi connectivity index (χ0) is 19.4. The molecule has 3 aromatic rings. The average Bonchev–Trinajstić information content (AvgIpc) is 3.26. The van der Waals surface area contributed by atoms with Crippen molar-refractivity contribution in [1.82, 2.24) is 0 Å². The van der Waals surface area contributed by atoms with E-state index < -0.39 is 5.72 Å². The van der Waals surface area contributed by atoms with Crippen molar-refractivity contribution < 1.29 is 4.84 Å². The Morgan fingerprint density at radius 2 is 1.39 bits per heavy atom. The van der Waals surface area contributed by atoms with Crippen LogP contribution in [0.25, 0.3) is 11.1 Å². The normalized spacial score (nSPS) is 22.1. The van der Waals surface area contributed by atoms with Crippen LogP contribution in [0.15, 0.2) is 84.0 Å². The van der Waals surface area contributed by atoms with Gasteiger partial charge in [0, 0.05) is 12.7 Å². The lowest BCUT2D eigenvalue weighted by Crippen LogP contribution is -2.54. The van der Waals surface area contributed by atoms with E-state index in [0.717, 1.165) is 17.7 Å². The van der Waals surface area contributed by atoms with Crippen LogP contribution in [0.4, 0.5) is 5.69 Å². The lowest BCUT2D eigenvalue weighted by Gasteiger charge is -2.40. The maximum Gasteiger partial charge on any atom is 0.224 e. The molecule has 0 aliphatic carbocycles. The fourth-order valence-electron chi connectivity index (χ4n) is 4.70. The molecule has 2 aliphatic rings. The van der Waals surface area contributed by atoms with E-state index in [1.165, 1.54) is 22.4 Å². The molecular weight excluding hydrogens is 344 g/mol. The number of oxime groups is 1. The molecule has 5 rings (SSSR count). The molecule has 2 aliphatic heterocycles. The molecule has 140 valence electrons. The van der Waals surface area contributed by atoms with E-state index in [1.54, 1.807) is 0 Å². The van der Waals surface area contributed by atoms with Crippen molar-refractivity contribution in [3.8, 4) is 11.1 Å². The predicted octanol–water partition coefficient (Wildman–Crippen LogP) is 5.60. The van der Waals surface area contributed by atoms with E-state index in [4.69, 9.17) is 4.84 Å². The monoisotopic (exact) mass is 368 g/mol. The third-order valence-corrected chi connectivity index (χ3v) is 6.50. The van der Waals surface area contributed by atoms with Crippen molar-refractivity contribution >= 4 is 11.4 Å². The van der Waals surface area contributed by atoms with Crippen molar-refractivity contribution in [2.24, 2.45) is 5.16 Å². The van der Waals surface area contributed by atoms with Crippen LogP contribution in [0.5, 0.6) is 0 Å². The Kier molecular flexibility index (Phi) is 3.63. The van der Waals surface area contributed by atoms with Gasteiger partial charge in [-0.05, 0) is 42.2 Å². The molecule has 0 bridgehead atoms. The van der Waals surface area contributed by atoms with Gasteiger partial charge in [-0.15, -0.1) is 0 Å². The van der Waals surface area contributed by atoms with Crippen LogP contribution >= 0.6 is 0 Å². The first-order valence-corrected chi connectivity index (χ1v) is 9.77. The first kappa shape index (κ1) is 17.1. The van der Waals surface area contributed by atoms with Gasteiger partial charge in [-0.2, -0.15) is 0 Å². The van der Waals surface area contributed by atoms with E-state index in [1.807, 2.05) is 6.07 Å². The average molecular weight is 368 g/mol. The quantitative estimate of drug-likeness (QED) is 0.588. The minimum atomic E-state index is -0.482. The number of hydrogen-bond donors (Lipinski definition) is 0. The molecular formula is C25H24N2O. The molecule has 0 radical (unpaired) electrons. The fraction of sp³-hybridized carbons (Fsp3) is 0.240. The number of hydrogen-bond acceptors (Lipinski definition) is 3. The second kappa shape index (κ2) is 5.96. The van der Waals surface area contributed by atoms with E-state index in [9.17, 15) is 0 Å². The van der Waals surface area contributed by atoms with Crippen LogP contribution in [0.1, 0.15) is 31.4 Å². The maximum absolute atomic E-state index is 6.21. The SMILES string of the molecule is CN1c2ccccc2C(C)(C)[C@]12CC(c1ccc(-c3ccccc3)cc1)=NO2. The lowest BCUT2D eigenvalue weighted by atomic mass is 9.75. The minimum Gasteiger partial charge on any atom is -0.366 e. The standard InChI is InChI=1S/C25H24N2O/c1-24(2)21-11-7-8-12-23(21)27(3)25(24)17-22(26-28-25)20-15-13-19(14-16-20)18-9-5-4-6-10-18/h4-16H,17H2,1-3H3/t25-/m1/s1. The molecule has 3 nitrogen and oxygen atoms in total. The Bertz CT molecular complexity index is 1050. The van der Waals surface area contributed by atoms with Gasteiger partial charge >= 0.3 is 0 Å². The second-order valence-electron chi connectivity index (χ2n) is 8.23. The summed E-state index contributed by atoms with van der Waals surface area (Å²) in [6, 6.07) is 27.6. The third-order valence-electron chi connectivity index (χ3n) is 6.50. The molecule has 3 aromatic carbocycles. The molecule has 0 amide bonds. The molecule has 1 spiro atoms. The predicted molar refractivity (Wildman–Crippen MR) is 115 cm³/mol. The summed E-state index contributed by atoms with van der Waals surface area (Å²) in [5.41, 5.74) is 6.46. The smallest absolute Gasteiger partial charge is 0.224 e. The highest BCUT2D eigenvalue weighted by molar-refractivity contribution is 6.02. The number of nitrogens with zero attached hydrogens (tertiary/aromatic N) is 2. The molecule has 3 heteroatoms. The molecule has 0 N–H and O–H groups in total. The fourth-order valence-corrected chi connectivity index (χ4v) is 4.70. The highest BCUT2D eigenvalue weighted by Gasteiger charge is 2.61. The van der Waals surface area contributed by atoms with Gasteiger partial charge in [-0.25, -0.2) is 0 Å². The van der Waals surface area contributed by atoms with Gasteiger partial charge in [0.25, 0.3) is 0 Å². The zero-order valence-corrected chi connectivity index (χ0v) is 16.5. The molecule has 0 fully saturated rings. The highest BCUT2D eigenvalue weighted by atomic mass is 16.7. The number of benzene rings is 3. The van der Waals surface area contributed by atoms with Crippen molar-refractivity contribution in [3.05, 3.63) is 90.0 Å². The van der Waals surface area contributed by atoms with Gasteiger partial charge < -0.3 is 9.74 Å². The maximum atomic E-state index is 6.21. The Labute approximate surface area is 166 Å². The van der Waals surface area contributed by atoms with Crippen LogP contribution in [-0.2, 0) is 10.3 Å². The van der Waals surface area contributed by atoms with Crippen LogP contribution < -0.4 is 4.90 Å². The Hall–Kier alpha value is -3.07. The Balaban J connectivity index is 1.45. The summed E-state index contributed by atoms with van der Waals surface area (Å²) in [6.07, 6.45) is 0.760. The van der Waals surface area contributed by atoms with Gasteiger partial charge in [0.15, 0.2) is 0 Å². The highest BCUT2D eigenvalue weighted by Crippen LogP contribution is 2.55. The van der Waals surface area contributed by atoms with Crippen LogP contribution in [0, 0.1) is 0 Å². The summed E-state index contributed by atoms with van der Waals surface area (Å²) in [5, 5.41) is 4.55. The van der Waals surface area contributed by atoms with Crippen molar-refractivity contribution in [3.63, 3.8) is 0 Å². The van der Waals surface area contributed by atoms with Gasteiger partial charge in [-0.1, -0.05) is 78.0 Å². The molecule has 1 atom stereocenters. The molecule has 28 heavy (non-hydrogen) atoms. The topological polar surface area (TPSA) is 24.8 Å². The number of anilines is 1. The van der Waals surface area contributed by atoms with Gasteiger partial charge in [0.05, 0.1) is 17.5 Å². The lowest BCUT2D eigenvalue weighted by molar-refractivity contribution is -0.0591. The van der Waals surface area contributed by atoms with Crippen LogP contribution in [-0.4, -0.2) is 18.5 Å². The number of rotatable bonds is 2. The second-order valence-corrected chi connectivity index (χ2v) is 8.23. The minimum absolute atomic E-state index is 0.159. The molecule has 0 aromatic heterocycles. The Morgan fingerprint density at radius 1 is 0.786 bits per heavy atom. The van der Waals surface area contributed by atoms with Gasteiger partial charge in [0.1, 0.15) is 0 Å².